The van der Waals surface area contributed by atoms with Crippen LogP contribution in [0.4, 0.5) is 11.4 Å². The summed E-state index contributed by atoms with van der Waals surface area (Å²) in [6.45, 7) is 1.81. The van der Waals surface area contributed by atoms with Crippen LogP contribution in [-0.2, 0) is 0 Å². The molecule has 1 aromatic carbocycles. The fourth-order valence-corrected chi connectivity index (χ4v) is 1.71. The van der Waals surface area contributed by atoms with Gasteiger partial charge in [-0.15, -0.1) is 0 Å². The van der Waals surface area contributed by atoms with Crippen molar-refractivity contribution in [2.24, 2.45) is 0 Å². The number of carbonyl (C=O) groups excluding carboxylic acids is 1. The Balaban J connectivity index is 2.33. The number of nitrogens with two attached hydrogens (primary N) is 1. The minimum atomic E-state index is -0.430. The maximum atomic E-state index is 12.1. The van der Waals surface area contributed by atoms with E-state index in [9.17, 15) is 4.79 Å². The molecule has 94 valence electrons. The van der Waals surface area contributed by atoms with Crippen LogP contribution in [0.5, 0.6) is 0 Å². The third-order valence-electron chi connectivity index (χ3n) is 2.69. The summed E-state index contributed by atoms with van der Waals surface area (Å²) in [6, 6.07) is 10.6. The molecule has 1 amide bonds. The zero-order chi connectivity index (χ0) is 13.8. The number of hydrogen-bond donors (Lipinski definition) is 2. The first-order chi connectivity index (χ1) is 9.13. The van der Waals surface area contributed by atoms with E-state index in [0.717, 1.165) is 5.56 Å². The van der Waals surface area contributed by atoms with Gasteiger partial charge in [0, 0.05) is 6.20 Å². The van der Waals surface area contributed by atoms with Crippen molar-refractivity contribution in [2.45, 2.75) is 6.92 Å². The van der Waals surface area contributed by atoms with E-state index in [1.54, 1.807) is 24.3 Å². The van der Waals surface area contributed by atoms with Gasteiger partial charge in [-0.1, -0.05) is 12.1 Å². The largest absolute Gasteiger partial charge is 0.397 e. The number of nitrogen functional groups attached to an aromatic ring is 1. The van der Waals surface area contributed by atoms with E-state index in [-0.39, 0.29) is 5.69 Å². The van der Waals surface area contributed by atoms with E-state index in [1.165, 1.54) is 6.20 Å². The molecule has 0 aliphatic rings. The maximum absolute atomic E-state index is 12.1. The number of pyridine rings is 1. The van der Waals surface area contributed by atoms with Crippen molar-refractivity contribution >= 4 is 17.3 Å². The number of benzene rings is 1. The Hall–Kier alpha value is -2.87. The number of aromatic nitrogens is 1. The average Bonchev–Trinajstić information content (AvgIpc) is 2.39. The van der Waals surface area contributed by atoms with Gasteiger partial charge in [-0.3, -0.25) is 4.79 Å². The van der Waals surface area contributed by atoms with Crippen molar-refractivity contribution in [3.63, 3.8) is 0 Å². The third kappa shape index (κ3) is 2.53. The number of rotatable bonds is 2. The normalized spacial score (nSPS) is 9.68. The topological polar surface area (TPSA) is 91.8 Å². The van der Waals surface area contributed by atoms with E-state index < -0.39 is 5.91 Å². The number of hydrogen-bond acceptors (Lipinski definition) is 4. The van der Waals surface area contributed by atoms with Crippen molar-refractivity contribution in [1.82, 2.24) is 4.98 Å². The van der Waals surface area contributed by atoms with Crippen LogP contribution in [0.15, 0.2) is 36.5 Å². The van der Waals surface area contributed by atoms with Gasteiger partial charge in [0.25, 0.3) is 5.91 Å². The number of nitrogens with one attached hydrogen (secondary N) is 1. The van der Waals surface area contributed by atoms with Crippen molar-refractivity contribution in [2.75, 3.05) is 11.1 Å². The Kier molecular flexibility index (Phi) is 3.44. The van der Waals surface area contributed by atoms with Crippen LogP contribution in [-0.4, -0.2) is 10.9 Å². The average molecular weight is 252 g/mol. The van der Waals surface area contributed by atoms with Crippen LogP contribution >= 0.6 is 0 Å². The molecule has 0 aliphatic carbocycles. The molecule has 1 heterocycles. The zero-order valence-electron chi connectivity index (χ0n) is 10.3. The molecule has 0 aliphatic heterocycles. The highest BCUT2D eigenvalue weighted by molar-refractivity contribution is 6.06. The SMILES string of the molecule is Cc1cccc(NC(=O)c2ncccc2N)c1C#N. The summed E-state index contributed by atoms with van der Waals surface area (Å²) in [4.78, 5) is 16.0. The number of nitrogens with zero attached hydrogens (tertiary/aromatic N) is 2. The molecule has 0 radical (unpaired) electrons. The summed E-state index contributed by atoms with van der Waals surface area (Å²) in [5, 5.41) is 11.8. The van der Waals surface area contributed by atoms with Gasteiger partial charge in [-0.05, 0) is 30.7 Å². The van der Waals surface area contributed by atoms with Gasteiger partial charge in [0.2, 0.25) is 0 Å². The lowest BCUT2D eigenvalue weighted by molar-refractivity contribution is 0.102. The van der Waals surface area contributed by atoms with Gasteiger partial charge in [0.1, 0.15) is 6.07 Å². The Morgan fingerprint density at radius 2 is 2.16 bits per heavy atom. The summed E-state index contributed by atoms with van der Waals surface area (Å²) in [5.41, 5.74) is 7.82. The molecular weight excluding hydrogens is 240 g/mol. The molecule has 0 atom stereocenters. The number of amides is 1. The smallest absolute Gasteiger partial charge is 0.276 e. The summed E-state index contributed by atoms with van der Waals surface area (Å²) in [6.07, 6.45) is 1.49. The highest BCUT2D eigenvalue weighted by Crippen LogP contribution is 2.19. The first-order valence-corrected chi connectivity index (χ1v) is 5.65. The quantitative estimate of drug-likeness (QED) is 0.856. The highest BCUT2D eigenvalue weighted by Gasteiger charge is 2.13. The van der Waals surface area contributed by atoms with Gasteiger partial charge in [-0.25, -0.2) is 4.98 Å². The van der Waals surface area contributed by atoms with Gasteiger partial charge in [-0.2, -0.15) is 5.26 Å². The van der Waals surface area contributed by atoms with Crippen molar-refractivity contribution in [1.29, 1.82) is 5.26 Å². The van der Waals surface area contributed by atoms with Crippen LogP contribution in [0.25, 0.3) is 0 Å². The monoisotopic (exact) mass is 252 g/mol. The molecule has 5 nitrogen and oxygen atoms in total. The van der Waals surface area contributed by atoms with E-state index in [4.69, 9.17) is 11.0 Å². The Morgan fingerprint density at radius 1 is 1.37 bits per heavy atom. The second kappa shape index (κ2) is 5.19. The molecule has 0 unspecified atom stereocenters. The standard InChI is InChI=1S/C14H12N4O/c1-9-4-2-6-12(10(9)8-15)18-14(19)13-11(16)5-3-7-17-13/h2-7H,16H2,1H3,(H,18,19). The second-order valence-corrected chi connectivity index (χ2v) is 4.00. The summed E-state index contributed by atoms with van der Waals surface area (Å²) in [7, 11) is 0. The Labute approximate surface area is 110 Å². The van der Waals surface area contributed by atoms with Crippen molar-refractivity contribution < 1.29 is 4.79 Å². The van der Waals surface area contributed by atoms with Gasteiger partial charge >= 0.3 is 0 Å². The number of nitriles is 1. The highest BCUT2D eigenvalue weighted by atomic mass is 16.1. The zero-order valence-corrected chi connectivity index (χ0v) is 10.3. The van der Waals surface area contributed by atoms with Gasteiger partial charge in [0.05, 0.1) is 16.9 Å². The van der Waals surface area contributed by atoms with Gasteiger partial charge in [0.15, 0.2) is 5.69 Å². The first kappa shape index (κ1) is 12.6. The van der Waals surface area contributed by atoms with Crippen LogP contribution in [0, 0.1) is 18.3 Å². The Bertz CT molecular complexity index is 673. The molecule has 2 aromatic rings. The second-order valence-electron chi connectivity index (χ2n) is 4.00. The van der Waals surface area contributed by atoms with E-state index >= 15 is 0 Å². The predicted molar refractivity (Wildman–Crippen MR) is 72.5 cm³/mol. The minimum absolute atomic E-state index is 0.146. The summed E-state index contributed by atoms with van der Waals surface area (Å²) >= 11 is 0. The molecule has 0 spiro atoms. The molecule has 0 fully saturated rings. The molecule has 0 bridgehead atoms. The number of anilines is 2. The summed E-state index contributed by atoms with van der Waals surface area (Å²) in [5.74, 6) is -0.430. The van der Waals surface area contributed by atoms with Crippen LogP contribution in [0.1, 0.15) is 21.6 Å². The first-order valence-electron chi connectivity index (χ1n) is 5.65. The fraction of sp³-hybridized carbons (Fsp3) is 0.0714. The predicted octanol–water partition coefficient (Wildman–Crippen LogP) is 2.10. The fourth-order valence-electron chi connectivity index (χ4n) is 1.71. The van der Waals surface area contributed by atoms with E-state index in [2.05, 4.69) is 16.4 Å². The van der Waals surface area contributed by atoms with Crippen LogP contribution in [0.3, 0.4) is 0 Å². The molecule has 19 heavy (non-hydrogen) atoms. The molecule has 3 N–H and O–H groups in total. The van der Waals surface area contributed by atoms with Gasteiger partial charge < -0.3 is 11.1 Å². The summed E-state index contributed by atoms with van der Waals surface area (Å²) < 4.78 is 0. The molecule has 1 aromatic heterocycles. The molecule has 2 rings (SSSR count). The molecular formula is C14H12N4O. The molecule has 0 saturated heterocycles. The minimum Gasteiger partial charge on any atom is -0.397 e. The Morgan fingerprint density at radius 3 is 2.84 bits per heavy atom. The number of carbonyl (C=O) groups is 1. The maximum Gasteiger partial charge on any atom is 0.276 e. The van der Waals surface area contributed by atoms with Crippen LogP contribution in [0.2, 0.25) is 0 Å². The lowest BCUT2D eigenvalue weighted by Gasteiger charge is -2.09. The van der Waals surface area contributed by atoms with Crippen molar-refractivity contribution in [3.8, 4) is 6.07 Å². The third-order valence-corrected chi connectivity index (χ3v) is 2.69. The molecule has 5 heteroatoms. The lowest BCUT2D eigenvalue weighted by Crippen LogP contribution is -2.16. The molecule has 0 saturated carbocycles. The lowest BCUT2D eigenvalue weighted by atomic mass is 10.1. The van der Waals surface area contributed by atoms with E-state index in [1.807, 2.05) is 13.0 Å². The van der Waals surface area contributed by atoms with Crippen LogP contribution < -0.4 is 11.1 Å². The van der Waals surface area contributed by atoms with E-state index in [0.29, 0.717) is 16.9 Å². The van der Waals surface area contributed by atoms with Crippen molar-refractivity contribution in [3.05, 3.63) is 53.3 Å². The number of aryl methyl sites for hydroxylation is 1.